The molecule has 0 N–H and O–H groups in total. The van der Waals surface area contributed by atoms with Gasteiger partial charge in [-0.25, -0.2) is 21.8 Å². The summed E-state index contributed by atoms with van der Waals surface area (Å²) in [6.07, 6.45) is 3.85. The molecule has 0 aliphatic carbocycles. The fourth-order valence-electron chi connectivity index (χ4n) is 4.31. The quantitative estimate of drug-likeness (QED) is 0.386. The highest BCUT2D eigenvalue weighted by molar-refractivity contribution is 7.90. The van der Waals surface area contributed by atoms with Gasteiger partial charge in [0.25, 0.3) is 5.91 Å². The van der Waals surface area contributed by atoms with Crippen LogP contribution in [-0.4, -0.2) is 83.0 Å². The van der Waals surface area contributed by atoms with Gasteiger partial charge in [-0.05, 0) is 76.3 Å². The molecule has 4 rings (SSSR count). The molecule has 1 fully saturated rings. The van der Waals surface area contributed by atoms with Gasteiger partial charge in [0.2, 0.25) is 10.0 Å². The van der Waals surface area contributed by atoms with Gasteiger partial charge in [-0.15, -0.1) is 12.4 Å². The summed E-state index contributed by atoms with van der Waals surface area (Å²) in [6.45, 7) is 3.36. The maximum Gasteiger partial charge on any atom is 0.260 e. The zero-order valence-corrected chi connectivity index (χ0v) is 25.1. The standard InChI is InChI=1S/C25H32N4O5S3.ClH/c1-18-7-5-6-14-29(18)37(33,34)20-10-8-19(9-11-20)24(30)28(16-15-27(2)3)25-26-22-13-12-21(36(4,31)32)17-23(22)35-25;/h8-13,17-18H,5-7,14-16H2,1-4H3;1H. The monoisotopic (exact) mass is 600 g/mol. The van der Waals surface area contributed by atoms with E-state index in [4.69, 9.17) is 0 Å². The van der Waals surface area contributed by atoms with E-state index in [2.05, 4.69) is 4.98 Å². The molecular weight excluding hydrogens is 568 g/mol. The average Bonchev–Trinajstić information content (AvgIpc) is 3.26. The van der Waals surface area contributed by atoms with Crippen LogP contribution >= 0.6 is 23.7 Å². The van der Waals surface area contributed by atoms with E-state index >= 15 is 0 Å². The molecule has 1 aliphatic heterocycles. The van der Waals surface area contributed by atoms with Gasteiger partial charge in [-0.3, -0.25) is 9.69 Å². The van der Waals surface area contributed by atoms with Crippen molar-refractivity contribution in [1.82, 2.24) is 14.2 Å². The first kappa shape index (κ1) is 30.5. The summed E-state index contributed by atoms with van der Waals surface area (Å²) in [5.74, 6) is -0.306. The highest BCUT2D eigenvalue weighted by Crippen LogP contribution is 2.32. The van der Waals surface area contributed by atoms with Crippen molar-refractivity contribution < 1.29 is 21.6 Å². The lowest BCUT2D eigenvalue weighted by atomic mass is 10.1. The first-order chi connectivity index (χ1) is 17.4. The number of sulfonamides is 1. The largest absolute Gasteiger partial charge is 0.308 e. The zero-order valence-electron chi connectivity index (χ0n) is 21.8. The van der Waals surface area contributed by atoms with Crippen molar-refractivity contribution in [3.8, 4) is 0 Å². The van der Waals surface area contributed by atoms with Gasteiger partial charge < -0.3 is 4.90 Å². The number of sulfone groups is 1. The minimum atomic E-state index is -3.64. The molecular formula is C25H33ClN4O5S3. The van der Waals surface area contributed by atoms with Gasteiger partial charge in [0.15, 0.2) is 15.0 Å². The van der Waals surface area contributed by atoms with Crippen LogP contribution in [0.4, 0.5) is 5.13 Å². The molecule has 1 unspecified atom stereocenters. The predicted octanol–water partition coefficient (Wildman–Crippen LogP) is 3.89. The molecule has 208 valence electrons. The Morgan fingerprint density at radius 1 is 1.03 bits per heavy atom. The minimum absolute atomic E-state index is 0. The molecule has 0 spiro atoms. The molecule has 2 aromatic carbocycles. The summed E-state index contributed by atoms with van der Waals surface area (Å²) in [5, 5.41) is 0.450. The number of nitrogens with zero attached hydrogens (tertiary/aromatic N) is 4. The fraction of sp³-hybridized carbons (Fsp3) is 0.440. The van der Waals surface area contributed by atoms with Crippen molar-refractivity contribution in [2.24, 2.45) is 0 Å². The molecule has 38 heavy (non-hydrogen) atoms. The van der Waals surface area contributed by atoms with Gasteiger partial charge in [-0.1, -0.05) is 17.8 Å². The maximum absolute atomic E-state index is 13.6. The van der Waals surface area contributed by atoms with Crippen LogP contribution < -0.4 is 4.90 Å². The van der Waals surface area contributed by atoms with Crippen LogP contribution in [0, 0.1) is 0 Å². The van der Waals surface area contributed by atoms with Crippen LogP contribution in [0.2, 0.25) is 0 Å². The predicted molar refractivity (Wildman–Crippen MR) is 154 cm³/mol. The molecule has 0 radical (unpaired) electrons. The highest BCUT2D eigenvalue weighted by Gasteiger charge is 2.31. The molecule has 3 aromatic rings. The Morgan fingerprint density at radius 3 is 2.29 bits per heavy atom. The molecule has 2 heterocycles. The van der Waals surface area contributed by atoms with E-state index in [0.717, 1.165) is 25.5 Å². The van der Waals surface area contributed by atoms with Crippen molar-refractivity contribution in [3.05, 3.63) is 48.0 Å². The molecule has 1 aromatic heterocycles. The van der Waals surface area contributed by atoms with E-state index < -0.39 is 19.9 Å². The number of rotatable bonds is 8. The summed E-state index contributed by atoms with van der Waals surface area (Å²) in [7, 11) is -3.21. The lowest BCUT2D eigenvalue weighted by Crippen LogP contribution is -2.41. The number of hydrogen-bond acceptors (Lipinski definition) is 8. The lowest BCUT2D eigenvalue weighted by Gasteiger charge is -2.32. The Hall–Kier alpha value is -2.09. The van der Waals surface area contributed by atoms with Crippen LogP contribution in [-0.2, 0) is 19.9 Å². The first-order valence-corrected chi connectivity index (χ1v) is 16.2. The van der Waals surface area contributed by atoms with Gasteiger partial charge in [0, 0.05) is 37.5 Å². The van der Waals surface area contributed by atoms with Gasteiger partial charge in [0.05, 0.1) is 20.0 Å². The van der Waals surface area contributed by atoms with Crippen LogP contribution in [0.1, 0.15) is 36.5 Å². The number of carbonyl (C=O) groups is 1. The topological polar surface area (TPSA) is 108 Å². The number of anilines is 1. The van der Waals surface area contributed by atoms with Crippen molar-refractivity contribution in [1.29, 1.82) is 0 Å². The lowest BCUT2D eigenvalue weighted by molar-refractivity contribution is 0.0985. The van der Waals surface area contributed by atoms with Crippen LogP contribution in [0.25, 0.3) is 10.2 Å². The van der Waals surface area contributed by atoms with Crippen LogP contribution in [0.5, 0.6) is 0 Å². The Balaban J connectivity index is 0.00000400. The van der Waals surface area contributed by atoms with Crippen molar-refractivity contribution >= 4 is 64.9 Å². The Bertz CT molecular complexity index is 1510. The molecule has 9 nitrogen and oxygen atoms in total. The number of likely N-dealkylation sites (N-methyl/N-ethyl adjacent to an activating group) is 1. The van der Waals surface area contributed by atoms with Gasteiger partial charge in [-0.2, -0.15) is 4.31 Å². The number of aromatic nitrogens is 1. The molecule has 0 saturated carbocycles. The number of hydrogen-bond donors (Lipinski definition) is 0. The van der Waals surface area contributed by atoms with E-state index in [1.807, 2.05) is 25.9 Å². The molecule has 1 atom stereocenters. The summed E-state index contributed by atoms with van der Waals surface area (Å²) >= 11 is 1.25. The smallest absolute Gasteiger partial charge is 0.260 e. The third-order valence-electron chi connectivity index (χ3n) is 6.47. The molecule has 1 amide bonds. The van der Waals surface area contributed by atoms with Gasteiger partial charge >= 0.3 is 0 Å². The zero-order chi connectivity index (χ0) is 27.0. The third-order valence-corrected chi connectivity index (χ3v) is 10.7. The number of amides is 1. The normalized spacial score (nSPS) is 16.9. The number of benzene rings is 2. The molecule has 1 saturated heterocycles. The second kappa shape index (κ2) is 12.0. The fourth-order valence-corrected chi connectivity index (χ4v) is 7.76. The SMILES string of the molecule is CC1CCCCN1S(=O)(=O)c1ccc(C(=O)N(CCN(C)C)c2nc3ccc(S(C)(=O)=O)cc3s2)cc1.Cl. The summed E-state index contributed by atoms with van der Waals surface area (Å²) in [4.78, 5) is 22.1. The van der Waals surface area contributed by atoms with E-state index in [-0.39, 0.29) is 34.1 Å². The van der Waals surface area contributed by atoms with E-state index in [0.29, 0.717) is 40.5 Å². The third kappa shape index (κ3) is 6.54. The first-order valence-electron chi connectivity index (χ1n) is 12.1. The van der Waals surface area contributed by atoms with Gasteiger partial charge in [0.1, 0.15) is 0 Å². The van der Waals surface area contributed by atoms with E-state index in [1.54, 1.807) is 33.5 Å². The van der Waals surface area contributed by atoms with Crippen LogP contribution in [0.15, 0.2) is 52.3 Å². The van der Waals surface area contributed by atoms with Crippen molar-refractivity contribution in [2.75, 3.05) is 44.9 Å². The van der Waals surface area contributed by atoms with Crippen molar-refractivity contribution in [2.45, 2.75) is 42.0 Å². The maximum atomic E-state index is 13.6. The summed E-state index contributed by atoms with van der Waals surface area (Å²) < 4.78 is 52.5. The van der Waals surface area contributed by atoms with Crippen LogP contribution in [0.3, 0.4) is 0 Å². The summed E-state index contributed by atoms with van der Waals surface area (Å²) in [5.41, 5.74) is 0.952. The van der Waals surface area contributed by atoms with E-state index in [1.165, 1.54) is 29.5 Å². The molecule has 1 aliphatic rings. The highest BCUT2D eigenvalue weighted by atomic mass is 35.5. The second-order valence-corrected chi connectivity index (χ2v) is 14.6. The average molecular weight is 601 g/mol. The molecule has 0 bridgehead atoms. The Morgan fingerprint density at radius 2 is 1.68 bits per heavy atom. The Labute approximate surface area is 234 Å². The number of halogens is 1. The second-order valence-electron chi connectivity index (χ2n) is 9.64. The number of thiazole rings is 1. The van der Waals surface area contributed by atoms with Crippen molar-refractivity contribution in [3.63, 3.8) is 0 Å². The molecule has 13 heteroatoms. The number of carbonyl (C=O) groups excluding carboxylic acids is 1. The Kier molecular flexibility index (Phi) is 9.59. The number of fused-ring (bicyclic) bond motifs is 1. The van der Waals surface area contributed by atoms with E-state index in [9.17, 15) is 21.6 Å². The number of piperidine rings is 1. The summed E-state index contributed by atoms with van der Waals surface area (Å²) in [6, 6.07) is 10.7. The minimum Gasteiger partial charge on any atom is -0.308 e.